The predicted octanol–water partition coefficient (Wildman–Crippen LogP) is 8.12. The summed E-state index contributed by atoms with van der Waals surface area (Å²) >= 11 is 0. The van der Waals surface area contributed by atoms with Crippen molar-refractivity contribution >= 4 is 21.8 Å². The van der Waals surface area contributed by atoms with Crippen LogP contribution in [0.15, 0.2) is 72.8 Å². The summed E-state index contributed by atoms with van der Waals surface area (Å²) < 4.78 is 0. The Balaban J connectivity index is 0.00000320. The Labute approximate surface area is 228 Å². The van der Waals surface area contributed by atoms with Crippen LogP contribution in [0.3, 0.4) is 0 Å². The van der Waals surface area contributed by atoms with Gasteiger partial charge < -0.3 is 10.2 Å². The molecule has 0 spiro atoms. The summed E-state index contributed by atoms with van der Waals surface area (Å²) in [4.78, 5) is 9.97. The third kappa shape index (κ3) is 5.06. The number of phenolic OH excluding ortho intramolecular Hbond substituents is 2. The number of aromatic hydroxyl groups is 2. The Morgan fingerprint density at radius 3 is 1.22 bits per heavy atom. The molecule has 191 valence electrons. The fourth-order valence-electron chi connectivity index (χ4n) is 4.48. The van der Waals surface area contributed by atoms with E-state index < -0.39 is 0 Å². The summed E-state index contributed by atoms with van der Waals surface area (Å²) in [7, 11) is 0. The van der Waals surface area contributed by atoms with Gasteiger partial charge in [-0.05, 0) is 58.4 Å². The average Bonchev–Trinajstić information content (AvgIpc) is 2.82. The first-order valence-corrected chi connectivity index (χ1v) is 12.3. The van der Waals surface area contributed by atoms with Crippen molar-refractivity contribution in [3.8, 4) is 34.0 Å². The van der Waals surface area contributed by atoms with E-state index in [9.17, 15) is 10.2 Å². The normalized spacial score (nSPS) is 12.1. The van der Waals surface area contributed by atoms with Crippen LogP contribution in [-0.2, 0) is 27.6 Å². The maximum absolute atomic E-state index is 10.7. The van der Waals surface area contributed by atoms with Crippen LogP contribution in [0.25, 0.3) is 44.3 Å². The van der Waals surface area contributed by atoms with E-state index in [1.165, 1.54) is 0 Å². The Hall–Kier alpha value is -3.41. The second-order valence-electron chi connectivity index (χ2n) is 11.6. The zero-order valence-electron chi connectivity index (χ0n) is 22.1. The van der Waals surface area contributed by atoms with Crippen molar-refractivity contribution in [3.05, 3.63) is 83.9 Å². The second kappa shape index (κ2) is 9.47. The molecule has 0 unspecified atom stereocenters. The van der Waals surface area contributed by atoms with Crippen LogP contribution in [0.4, 0.5) is 0 Å². The van der Waals surface area contributed by atoms with Crippen molar-refractivity contribution in [1.29, 1.82) is 0 Å². The fraction of sp³-hybridized carbons (Fsp3) is 0.250. The zero-order valence-corrected chi connectivity index (χ0v) is 23.1. The minimum atomic E-state index is -0.0496. The van der Waals surface area contributed by atoms with E-state index in [4.69, 9.17) is 9.97 Å². The number of nitrogens with zero attached hydrogens (tertiary/aromatic N) is 2. The van der Waals surface area contributed by atoms with Gasteiger partial charge in [-0.1, -0.05) is 77.9 Å². The van der Waals surface area contributed by atoms with Gasteiger partial charge in [0, 0.05) is 38.7 Å². The fourth-order valence-corrected chi connectivity index (χ4v) is 4.48. The Kier molecular flexibility index (Phi) is 6.82. The molecule has 0 aliphatic carbocycles. The Morgan fingerprint density at radius 1 is 0.514 bits per heavy atom. The van der Waals surface area contributed by atoms with Crippen LogP contribution >= 0.6 is 0 Å². The maximum atomic E-state index is 10.7. The number of hydrogen-bond donors (Lipinski definition) is 2. The number of aromatic nitrogens is 2. The predicted molar refractivity (Wildman–Crippen MR) is 149 cm³/mol. The first-order chi connectivity index (χ1) is 16.9. The molecule has 2 heterocycles. The van der Waals surface area contributed by atoms with Crippen LogP contribution in [0.1, 0.15) is 52.7 Å². The molecule has 0 atom stereocenters. The van der Waals surface area contributed by atoms with Gasteiger partial charge in [-0.3, -0.25) is 0 Å². The molecule has 0 saturated carbocycles. The molecule has 37 heavy (non-hydrogen) atoms. The van der Waals surface area contributed by atoms with Crippen molar-refractivity contribution in [2.45, 2.75) is 52.4 Å². The molecule has 0 aliphatic heterocycles. The Bertz CT molecular complexity index is 1510. The van der Waals surface area contributed by atoms with Gasteiger partial charge in [-0.2, -0.15) is 0 Å². The third-order valence-corrected chi connectivity index (χ3v) is 6.80. The standard InChI is InChI=1S/C32H32N2O2.Co/c1-31(2,3)21-11-15-27(35)23(17-21)25-13-9-19-7-8-20-10-14-26(34-30(20)29(19)33-25)24-18-22(32(4,5)6)12-16-28(24)36;/h7-18,35-36H,1-6H3;. The van der Waals surface area contributed by atoms with Gasteiger partial charge in [0.1, 0.15) is 11.5 Å². The van der Waals surface area contributed by atoms with Gasteiger partial charge in [0.15, 0.2) is 0 Å². The molecule has 4 nitrogen and oxygen atoms in total. The number of benzene rings is 3. The molecule has 0 amide bonds. The van der Waals surface area contributed by atoms with Gasteiger partial charge >= 0.3 is 0 Å². The average molecular weight is 536 g/mol. The number of hydrogen-bond acceptors (Lipinski definition) is 4. The minimum Gasteiger partial charge on any atom is -0.507 e. The van der Waals surface area contributed by atoms with Crippen molar-refractivity contribution in [3.63, 3.8) is 0 Å². The monoisotopic (exact) mass is 535 g/mol. The van der Waals surface area contributed by atoms with Crippen molar-refractivity contribution in [2.24, 2.45) is 0 Å². The summed E-state index contributed by atoms with van der Waals surface area (Å²) in [5, 5.41) is 23.3. The molecule has 0 aliphatic rings. The van der Waals surface area contributed by atoms with Gasteiger partial charge in [-0.15, -0.1) is 0 Å². The SMILES string of the molecule is CC(C)(C)c1ccc(O)c(-c2ccc3ccc4ccc(-c5cc(C(C)(C)C)ccc5O)nc4c3n2)c1.[Co]. The smallest absolute Gasteiger partial charge is 0.124 e. The molecule has 0 saturated heterocycles. The van der Waals surface area contributed by atoms with E-state index in [-0.39, 0.29) is 39.1 Å². The van der Waals surface area contributed by atoms with E-state index in [1.54, 1.807) is 12.1 Å². The van der Waals surface area contributed by atoms with E-state index in [0.29, 0.717) is 22.5 Å². The summed E-state index contributed by atoms with van der Waals surface area (Å²) in [6.07, 6.45) is 0. The molecule has 1 radical (unpaired) electrons. The molecule has 5 aromatic rings. The molecule has 5 rings (SSSR count). The first kappa shape index (κ1) is 26.6. The number of phenols is 2. The van der Waals surface area contributed by atoms with E-state index in [0.717, 1.165) is 32.9 Å². The summed E-state index contributed by atoms with van der Waals surface area (Å²) in [5.74, 6) is 0.403. The summed E-state index contributed by atoms with van der Waals surface area (Å²) in [5.41, 5.74) is 6.48. The third-order valence-electron chi connectivity index (χ3n) is 6.80. The second-order valence-corrected chi connectivity index (χ2v) is 11.6. The first-order valence-electron chi connectivity index (χ1n) is 12.3. The Morgan fingerprint density at radius 2 is 0.865 bits per heavy atom. The minimum absolute atomic E-state index is 0. The summed E-state index contributed by atoms with van der Waals surface area (Å²) in [6, 6.07) is 23.4. The number of pyridine rings is 2. The molecule has 3 aromatic carbocycles. The van der Waals surface area contributed by atoms with Crippen LogP contribution in [0.2, 0.25) is 0 Å². The van der Waals surface area contributed by atoms with Crippen LogP contribution < -0.4 is 0 Å². The topological polar surface area (TPSA) is 66.2 Å². The molecule has 5 heteroatoms. The number of fused-ring (bicyclic) bond motifs is 3. The van der Waals surface area contributed by atoms with Crippen molar-refractivity contribution < 1.29 is 27.0 Å². The van der Waals surface area contributed by atoms with Gasteiger partial charge in [-0.25, -0.2) is 9.97 Å². The molecule has 2 aromatic heterocycles. The summed E-state index contributed by atoms with van der Waals surface area (Å²) in [6.45, 7) is 12.9. The van der Waals surface area contributed by atoms with Gasteiger partial charge in [0.2, 0.25) is 0 Å². The van der Waals surface area contributed by atoms with Crippen molar-refractivity contribution in [1.82, 2.24) is 9.97 Å². The number of rotatable bonds is 2. The zero-order chi connectivity index (χ0) is 25.8. The molecule has 0 bridgehead atoms. The van der Waals surface area contributed by atoms with Gasteiger partial charge in [0.25, 0.3) is 0 Å². The van der Waals surface area contributed by atoms with E-state index in [1.807, 2.05) is 60.7 Å². The van der Waals surface area contributed by atoms with Crippen LogP contribution in [0, 0.1) is 0 Å². The molecular formula is C32H32CoN2O2. The van der Waals surface area contributed by atoms with Crippen LogP contribution in [0.5, 0.6) is 11.5 Å². The molecule has 0 fully saturated rings. The maximum Gasteiger partial charge on any atom is 0.124 e. The van der Waals surface area contributed by atoms with Crippen LogP contribution in [-0.4, -0.2) is 20.2 Å². The molecule has 2 N–H and O–H groups in total. The van der Waals surface area contributed by atoms with Gasteiger partial charge in [0.05, 0.1) is 22.4 Å². The van der Waals surface area contributed by atoms with Crippen molar-refractivity contribution in [2.75, 3.05) is 0 Å². The van der Waals surface area contributed by atoms with E-state index >= 15 is 0 Å². The van der Waals surface area contributed by atoms with E-state index in [2.05, 4.69) is 41.5 Å². The molecular weight excluding hydrogens is 503 g/mol. The largest absolute Gasteiger partial charge is 0.507 e. The quantitative estimate of drug-likeness (QED) is 0.224.